The van der Waals surface area contributed by atoms with Crippen molar-refractivity contribution in [1.29, 1.82) is 0 Å². The minimum Gasteiger partial charge on any atom is -0.493 e. The van der Waals surface area contributed by atoms with Crippen LogP contribution in [0.4, 0.5) is 25.0 Å². The molecule has 2 N–H and O–H groups in total. The van der Waals surface area contributed by atoms with Crippen molar-refractivity contribution in [2.24, 2.45) is 0 Å². The fraction of sp³-hybridized carbons (Fsp3) is 0.133. The number of carbonyl (C=O) groups is 1. The van der Waals surface area contributed by atoms with Gasteiger partial charge in [0, 0.05) is 18.2 Å². The molecule has 2 aromatic carbocycles. The summed E-state index contributed by atoms with van der Waals surface area (Å²) in [6, 6.07) is 7.64. The first-order valence-electron chi connectivity index (χ1n) is 6.40. The zero-order valence-corrected chi connectivity index (χ0v) is 11.0. The lowest BCUT2D eigenvalue weighted by Gasteiger charge is -2.09. The zero-order valence-electron chi connectivity index (χ0n) is 11.0. The molecule has 0 aliphatic carbocycles. The molecule has 1 heterocycles. The molecule has 0 radical (unpaired) electrons. The molecule has 0 unspecified atom stereocenters. The highest BCUT2D eigenvalue weighted by Gasteiger charge is 2.13. The molecule has 4 nitrogen and oxygen atoms in total. The maximum absolute atomic E-state index is 13.4. The van der Waals surface area contributed by atoms with Gasteiger partial charge in [0.15, 0.2) is 0 Å². The first kappa shape index (κ1) is 13.4. The molecule has 1 aliphatic rings. The summed E-state index contributed by atoms with van der Waals surface area (Å²) in [4.78, 5) is 11.8. The molecular formula is C15H12F2N2O2. The summed E-state index contributed by atoms with van der Waals surface area (Å²) in [5.74, 6) is -0.713. The summed E-state index contributed by atoms with van der Waals surface area (Å²) >= 11 is 0. The van der Waals surface area contributed by atoms with E-state index < -0.39 is 17.7 Å². The highest BCUT2D eigenvalue weighted by atomic mass is 19.1. The average Bonchev–Trinajstić information content (AvgIpc) is 2.89. The lowest BCUT2D eigenvalue weighted by molar-refractivity contribution is 0.262. The van der Waals surface area contributed by atoms with Gasteiger partial charge in [-0.2, -0.15) is 0 Å². The number of rotatable bonds is 2. The van der Waals surface area contributed by atoms with Crippen molar-refractivity contribution in [3.05, 3.63) is 53.6 Å². The van der Waals surface area contributed by atoms with E-state index in [1.54, 1.807) is 12.1 Å². The fourth-order valence-corrected chi connectivity index (χ4v) is 2.14. The molecule has 108 valence electrons. The predicted molar refractivity (Wildman–Crippen MR) is 74.6 cm³/mol. The molecule has 0 bridgehead atoms. The summed E-state index contributed by atoms with van der Waals surface area (Å²) in [5.41, 5.74) is 1.51. The Morgan fingerprint density at radius 2 is 1.95 bits per heavy atom. The van der Waals surface area contributed by atoms with Crippen LogP contribution in [0.3, 0.4) is 0 Å². The van der Waals surface area contributed by atoms with Gasteiger partial charge in [-0.05, 0) is 35.9 Å². The van der Waals surface area contributed by atoms with E-state index in [9.17, 15) is 13.6 Å². The Bertz CT molecular complexity index is 704. The fourth-order valence-electron chi connectivity index (χ4n) is 2.14. The molecule has 0 saturated carbocycles. The number of nitrogens with one attached hydrogen (secondary N) is 2. The van der Waals surface area contributed by atoms with Crippen LogP contribution in [0, 0.1) is 11.6 Å². The van der Waals surface area contributed by atoms with Crippen LogP contribution in [0.2, 0.25) is 0 Å². The van der Waals surface area contributed by atoms with E-state index in [0.717, 1.165) is 23.8 Å². The normalized spacial score (nSPS) is 12.5. The van der Waals surface area contributed by atoms with Crippen molar-refractivity contribution in [2.75, 3.05) is 17.2 Å². The molecule has 2 aromatic rings. The predicted octanol–water partition coefficient (Wildman–Crippen LogP) is 3.54. The summed E-state index contributed by atoms with van der Waals surface area (Å²) in [6.07, 6.45) is 0.791. The monoisotopic (exact) mass is 290 g/mol. The standard InChI is InChI=1S/C15H12F2N2O2/c16-10-1-3-13(12(17)8-10)19-15(20)18-11-2-4-14-9(7-11)5-6-21-14/h1-4,7-8H,5-6H2,(H2,18,19,20). The van der Waals surface area contributed by atoms with Gasteiger partial charge in [-0.3, -0.25) is 0 Å². The largest absolute Gasteiger partial charge is 0.493 e. The molecule has 0 saturated heterocycles. The summed E-state index contributed by atoms with van der Waals surface area (Å²) in [7, 11) is 0. The molecule has 3 rings (SSSR count). The molecule has 0 atom stereocenters. The van der Waals surface area contributed by atoms with Crippen LogP contribution < -0.4 is 15.4 Å². The Balaban J connectivity index is 1.69. The van der Waals surface area contributed by atoms with Gasteiger partial charge in [0.2, 0.25) is 0 Å². The number of halogens is 2. The first-order valence-corrected chi connectivity index (χ1v) is 6.40. The van der Waals surface area contributed by atoms with Gasteiger partial charge in [0.25, 0.3) is 0 Å². The van der Waals surface area contributed by atoms with Crippen molar-refractivity contribution < 1.29 is 18.3 Å². The van der Waals surface area contributed by atoms with Crippen LogP contribution in [0.25, 0.3) is 0 Å². The van der Waals surface area contributed by atoms with Gasteiger partial charge in [0.1, 0.15) is 17.4 Å². The van der Waals surface area contributed by atoms with Crippen LogP contribution in [-0.2, 0) is 6.42 Å². The Morgan fingerprint density at radius 1 is 1.10 bits per heavy atom. The van der Waals surface area contributed by atoms with Crippen LogP contribution in [0.15, 0.2) is 36.4 Å². The van der Waals surface area contributed by atoms with Gasteiger partial charge in [-0.25, -0.2) is 13.6 Å². The topological polar surface area (TPSA) is 50.4 Å². The van der Waals surface area contributed by atoms with E-state index in [0.29, 0.717) is 18.4 Å². The second kappa shape index (κ2) is 5.40. The van der Waals surface area contributed by atoms with Crippen LogP contribution >= 0.6 is 0 Å². The van der Waals surface area contributed by atoms with E-state index in [-0.39, 0.29) is 5.69 Å². The van der Waals surface area contributed by atoms with Gasteiger partial charge in [-0.1, -0.05) is 0 Å². The number of amides is 2. The molecule has 21 heavy (non-hydrogen) atoms. The molecular weight excluding hydrogens is 278 g/mol. The van der Waals surface area contributed by atoms with Crippen molar-refractivity contribution in [3.8, 4) is 5.75 Å². The Labute approximate surface area is 119 Å². The second-order valence-corrected chi connectivity index (χ2v) is 4.62. The zero-order chi connectivity index (χ0) is 14.8. The number of hydrogen-bond donors (Lipinski definition) is 2. The molecule has 1 aliphatic heterocycles. The number of hydrogen-bond acceptors (Lipinski definition) is 2. The molecule has 0 aromatic heterocycles. The molecule has 2 amide bonds. The minimum absolute atomic E-state index is 0.0848. The molecule has 0 spiro atoms. The number of benzene rings is 2. The summed E-state index contributed by atoms with van der Waals surface area (Å²) < 4.78 is 31.6. The van der Waals surface area contributed by atoms with Gasteiger partial charge in [0.05, 0.1) is 12.3 Å². The average molecular weight is 290 g/mol. The van der Waals surface area contributed by atoms with E-state index in [4.69, 9.17) is 4.74 Å². The SMILES string of the molecule is O=C(Nc1ccc2c(c1)CCO2)Nc1ccc(F)cc1F. The van der Waals surface area contributed by atoms with Gasteiger partial charge in [-0.15, -0.1) is 0 Å². The van der Waals surface area contributed by atoms with Crippen molar-refractivity contribution in [1.82, 2.24) is 0 Å². The highest BCUT2D eigenvalue weighted by Crippen LogP contribution is 2.27. The number of ether oxygens (including phenoxy) is 1. The van der Waals surface area contributed by atoms with Crippen LogP contribution in [0.1, 0.15) is 5.56 Å². The summed E-state index contributed by atoms with van der Waals surface area (Å²) in [6.45, 7) is 0.631. The van der Waals surface area contributed by atoms with E-state index in [2.05, 4.69) is 10.6 Å². The van der Waals surface area contributed by atoms with Gasteiger partial charge >= 0.3 is 6.03 Å². The maximum Gasteiger partial charge on any atom is 0.323 e. The quantitative estimate of drug-likeness (QED) is 0.888. The van der Waals surface area contributed by atoms with Crippen LogP contribution in [0.5, 0.6) is 5.75 Å². The van der Waals surface area contributed by atoms with Crippen LogP contribution in [-0.4, -0.2) is 12.6 Å². The van der Waals surface area contributed by atoms with E-state index in [1.807, 2.05) is 6.07 Å². The van der Waals surface area contributed by atoms with Crippen molar-refractivity contribution >= 4 is 17.4 Å². The third-order valence-corrected chi connectivity index (χ3v) is 3.13. The second-order valence-electron chi connectivity index (χ2n) is 4.62. The lowest BCUT2D eigenvalue weighted by atomic mass is 10.1. The van der Waals surface area contributed by atoms with Gasteiger partial charge < -0.3 is 15.4 Å². The van der Waals surface area contributed by atoms with E-state index >= 15 is 0 Å². The Kier molecular flexibility index (Phi) is 3.43. The highest BCUT2D eigenvalue weighted by molar-refractivity contribution is 5.99. The smallest absolute Gasteiger partial charge is 0.323 e. The van der Waals surface area contributed by atoms with E-state index in [1.165, 1.54) is 6.07 Å². The number of urea groups is 1. The Morgan fingerprint density at radius 3 is 2.76 bits per heavy atom. The minimum atomic E-state index is -0.826. The maximum atomic E-state index is 13.4. The lowest BCUT2D eigenvalue weighted by Crippen LogP contribution is -2.20. The Hall–Kier alpha value is -2.63. The molecule has 6 heteroatoms. The third-order valence-electron chi connectivity index (χ3n) is 3.13. The number of anilines is 2. The third kappa shape index (κ3) is 2.94. The molecule has 0 fully saturated rings. The number of carbonyl (C=O) groups excluding carboxylic acids is 1. The van der Waals surface area contributed by atoms with Crippen molar-refractivity contribution in [3.63, 3.8) is 0 Å². The number of fused-ring (bicyclic) bond motifs is 1. The first-order chi connectivity index (χ1) is 10.1. The van der Waals surface area contributed by atoms with Crippen molar-refractivity contribution in [2.45, 2.75) is 6.42 Å². The summed E-state index contributed by atoms with van der Waals surface area (Å²) in [5, 5.41) is 4.93.